The van der Waals surface area contributed by atoms with Crippen molar-refractivity contribution in [1.29, 1.82) is 0 Å². The molecule has 0 saturated heterocycles. The minimum atomic E-state index is -0.330. The fraction of sp³-hybridized carbons (Fsp3) is 0.583. The highest BCUT2D eigenvalue weighted by Gasteiger charge is 2.30. The Morgan fingerprint density at radius 3 is 2.62 bits per heavy atom. The number of nitrogens with one attached hydrogen (secondary N) is 2. The first-order valence-electron chi connectivity index (χ1n) is 11.5. The standard InChI is InChI=1S/C24H36N4O3S/c1-5-27-15-11-18-20(16-27)32-23(28-13-6-7-14-28)22(18)19(9-8-17(2)3)26-24(30)25-12-10-21(29)31-4/h6-7,13-14,17,19H,5,8-12,15-16H2,1-4H3,(H2,25,26,30)/t19-/m1/s1. The fourth-order valence-corrected chi connectivity index (χ4v) is 5.55. The molecule has 8 heteroatoms. The zero-order valence-corrected chi connectivity index (χ0v) is 20.5. The van der Waals surface area contributed by atoms with E-state index in [0.717, 1.165) is 38.9 Å². The molecule has 0 aliphatic carbocycles. The molecule has 0 fully saturated rings. The largest absolute Gasteiger partial charge is 0.469 e. The maximum Gasteiger partial charge on any atom is 0.315 e. The first kappa shape index (κ1) is 24.3. The van der Waals surface area contributed by atoms with Crippen LogP contribution in [-0.2, 0) is 22.5 Å². The zero-order valence-electron chi connectivity index (χ0n) is 19.6. The highest BCUT2D eigenvalue weighted by molar-refractivity contribution is 7.15. The Morgan fingerprint density at radius 2 is 1.97 bits per heavy atom. The van der Waals surface area contributed by atoms with Crippen LogP contribution in [-0.4, -0.2) is 48.2 Å². The molecule has 0 spiro atoms. The number of hydrogen-bond donors (Lipinski definition) is 2. The number of amides is 2. The van der Waals surface area contributed by atoms with Gasteiger partial charge in [0.05, 0.1) is 19.6 Å². The van der Waals surface area contributed by atoms with Crippen LogP contribution in [0.1, 0.15) is 62.1 Å². The van der Waals surface area contributed by atoms with Crippen molar-refractivity contribution in [2.75, 3.05) is 26.7 Å². The third-order valence-electron chi connectivity index (χ3n) is 5.97. The molecule has 7 nitrogen and oxygen atoms in total. The predicted molar refractivity (Wildman–Crippen MR) is 128 cm³/mol. The number of likely N-dealkylation sites (N-methyl/N-ethyl adjacent to an activating group) is 1. The molecule has 2 N–H and O–H groups in total. The van der Waals surface area contributed by atoms with E-state index in [1.807, 2.05) is 23.5 Å². The number of methoxy groups -OCH3 is 1. The molecule has 2 aromatic heterocycles. The number of aromatic nitrogens is 1. The minimum absolute atomic E-state index is 0.0823. The van der Waals surface area contributed by atoms with Gasteiger partial charge in [0.2, 0.25) is 0 Å². The lowest BCUT2D eigenvalue weighted by Crippen LogP contribution is -2.39. The van der Waals surface area contributed by atoms with Crippen molar-refractivity contribution in [2.45, 2.75) is 59.0 Å². The summed E-state index contributed by atoms with van der Waals surface area (Å²) in [4.78, 5) is 28.0. The van der Waals surface area contributed by atoms with Crippen molar-refractivity contribution < 1.29 is 14.3 Å². The van der Waals surface area contributed by atoms with Gasteiger partial charge in [-0.3, -0.25) is 9.69 Å². The lowest BCUT2D eigenvalue weighted by molar-refractivity contribution is -0.140. The molecule has 1 aliphatic heterocycles. The Kier molecular flexibility index (Phi) is 8.75. The van der Waals surface area contributed by atoms with Gasteiger partial charge >= 0.3 is 12.0 Å². The first-order valence-corrected chi connectivity index (χ1v) is 12.4. The van der Waals surface area contributed by atoms with Crippen molar-refractivity contribution in [3.63, 3.8) is 0 Å². The first-order chi connectivity index (χ1) is 15.4. The monoisotopic (exact) mass is 460 g/mol. The molecular weight excluding hydrogens is 424 g/mol. The van der Waals surface area contributed by atoms with E-state index in [0.29, 0.717) is 5.92 Å². The van der Waals surface area contributed by atoms with Crippen LogP contribution in [0, 0.1) is 5.92 Å². The smallest absolute Gasteiger partial charge is 0.315 e. The van der Waals surface area contributed by atoms with Crippen LogP contribution in [0.5, 0.6) is 0 Å². The fourth-order valence-electron chi connectivity index (χ4n) is 4.14. The number of fused-ring (bicyclic) bond motifs is 1. The summed E-state index contributed by atoms with van der Waals surface area (Å²) in [5, 5.41) is 7.23. The highest BCUT2D eigenvalue weighted by Crippen LogP contribution is 2.40. The summed E-state index contributed by atoms with van der Waals surface area (Å²) in [6.07, 6.45) is 7.21. The van der Waals surface area contributed by atoms with Crippen LogP contribution in [0.15, 0.2) is 24.5 Å². The van der Waals surface area contributed by atoms with Gasteiger partial charge < -0.3 is 19.9 Å². The molecule has 0 radical (unpaired) electrons. The van der Waals surface area contributed by atoms with Gasteiger partial charge in [0.25, 0.3) is 0 Å². The van der Waals surface area contributed by atoms with Crippen LogP contribution in [0.3, 0.4) is 0 Å². The third-order valence-corrected chi connectivity index (χ3v) is 7.22. The minimum Gasteiger partial charge on any atom is -0.469 e. The summed E-state index contributed by atoms with van der Waals surface area (Å²) in [5.41, 5.74) is 2.65. The number of carbonyl (C=O) groups is 2. The molecule has 32 heavy (non-hydrogen) atoms. The van der Waals surface area contributed by atoms with Crippen LogP contribution in [0.25, 0.3) is 5.00 Å². The lowest BCUT2D eigenvalue weighted by Gasteiger charge is -2.28. The molecule has 2 aromatic rings. The van der Waals surface area contributed by atoms with Crippen molar-refractivity contribution in [2.24, 2.45) is 5.92 Å². The van der Waals surface area contributed by atoms with Gasteiger partial charge in [-0.2, -0.15) is 0 Å². The van der Waals surface area contributed by atoms with E-state index >= 15 is 0 Å². The normalized spacial score (nSPS) is 14.8. The Balaban J connectivity index is 1.88. The maximum atomic E-state index is 12.7. The maximum absolute atomic E-state index is 12.7. The topological polar surface area (TPSA) is 75.6 Å². The second-order valence-corrected chi connectivity index (χ2v) is 9.77. The van der Waals surface area contributed by atoms with E-state index in [1.54, 1.807) is 0 Å². The van der Waals surface area contributed by atoms with Gasteiger partial charge in [0, 0.05) is 42.5 Å². The second-order valence-electron chi connectivity index (χ2n) is 8.68. The quantitative estimate of drug-likeness (QED) is 0.520. The Morgan fingerprint density at radius 1 is 1.22 bits per heavy atom. The van der Waals surface area contributed by atoms with Gasteiger partial charge in [0.1, 0.15) is 5.00 Å². The summed E-state index contributed by atoms with van der Waals surface area (Å²) in [6, 6.07) is 3.75. The number of hydrogen-bond acceptors (Lipinski definition) is 5. The molecular formula is C24H36N4O3S. The number of rotatable bonds is 10. The van der Waals surface area contributed by atoms with E-state index in [4.69, 9.17) is 0 Å². The van der Waals surface area contributed by atoms with E-state index in [2.05, 4.69) is 58.0 Å². The SMILES string of the molecule is CCN1CCc2c(sc(-n3cccc3)c2[C@@H](CCC(C)C)NC(=O)NCCC(=O)OC)C1. The average Bonchev–Trinajstić information content (AvgIpc) is 3.43. The molecule has 1 aliphatic rings. The van der Waals surface area contributed by atoms with E-state index in [-0.39, 0.29) is 31.0 Å². The third kappa shape index (κ3) is 6.13. The zero-order chi connectivity index (χ0) is 23.1. The van der Waals surface area contributed by atoms with Gasteiger partial charge in [0.15, 0.2) is 0 Å². The van der Waals surface area contributed by atoms with E-state index < -0.39 is 0 Å². The molecule has 1 atom stereocenters. The molecule has 2 amide bonds. The van der Waals surface area contributed by atoms with Gasteiger partial charge in [-0.25, -0.2) is 4.79 Å². The average molecular weight is 461 g/mol. The molecule has 3 rings (SSSR count). The van der Waals surface area contributed by atoms with Crippen molar-refractivity contribution >= 4 is 23.3 Å². The summed E-state index contributed by atoms with van der Waals surface area (Å²) >= 11 is 1.84. The Labute approximate surface area is 195 Å². The van der Waals surface area contributed by atoms with Gasteiger partial charge in [-0.1, -0.05) is 20.8 Å². The molecule has 176 valence electrons. The molecule has 3 heterocycles. The van der Waals surface area contributed by atoms with Crippen LogP contribution >= 0.6 is 11.3 Å². The summed E-state index contributed by atoms with van der Waals surface area (Å²) < 4.78 is 6.83. The number of nitrogens with zero attached hydrogens (tertiary/aromatic N) is 2. The summed E-state index contributed by atoms with van der Waals surface area (Å²) in [5.74, 6) is 0.214. The van der Waals surface area contributed by atoms with Crippen molar-refractivity contribution in [3.8, 4) is 5.00 Å². The van der Waals surface area contributed by atoms with E-state index in [9.17, 15) is 9.59 Å². The Bertz CT molecular complexity index is 891. The van der Waals surface area contributed by atoms with Gasteiger partial charge in [-0.05, 0) is 49.4 Å². The summed E-state index contributed by atoms with van der Waals surface area (Å²) in [7, 11) is 1.35. The Hall–Kier alpha value is -2.32. The lowest BCUT2D eigenvalue weighted by atomic mass is 9.92. The number of urea groups is 1. The second kappa shape index (κ2) is 11.5. The number of ether oxygens (including phenoxy) is 1. The van der Waals surface area contributed by atoms with Crippen LogP contribution in [0.2, 0.25) is 0 Å². The highest BCUT2D eigenvalue weighted by atomic mass is 32.1. The molecule has 0 bridgehead atoms. The molecule has 0 aromatic carbocycles. The van der Waals surface area contributed by atoms with Gasteiger partial charge in [-0.15, -0.1) is 11.3 Å². The molecule has 0 unspecified atom stereocenters. The summed E-state index contributed by atoms with van der Waals surface area (Å²) in [6.45, 7) is 9.94. The number of thiophene rings is 1. The number of esters is 1. The molecule has 0 saturated carbocycles. The van der Waals surface area contributed by atoms with Crippen LogP contribution < -0.4 is 10.6 Å². The van der Waals surface area contributed by atoms with Crippen molar-refractivity contribution in [1.82, 2.24) is 20.1 Å². The van der Waals surface area contributed by atoms with Crippen molar-refractivity contribution in [3.05, 3.63) is 40.5 Å². The predicted octanol–water partition coefficient (Wildman–Crippen LogP) is 4.26. The van der Waals surface area contributed by atoms with Crippen LogP contribution in [0.4, 0.5) is 4.79 Å². The van der Waals surface area contributed by atoms with E-state index in [1.165, 1.54) is 28.1 Å². The number of carbonyl (C=O) groups excluding carboxylic acids is 2.